The van der Waals surface area contributed by atoms with Crippen LogP contribution < -0.4 is 10.6 Å². The second-order valence-electron chi connectivity index (χ2n) is 4.27. The van der Waals surface area contributed by atoms with E-state index >= 15 is 0 Å². The molecule has 0 saturated heterocycles. The molecule has 92 valence electrons. The van der Waals surface area contributed by atoms with Crippen molar-refractivity contribution in [3.05, 3.63) is 23.8 Å². The minimum atomic E-state index is -0.431. The van der Waals surface area contributed by atoms with E-state index in [2.05, 4.69) is 16.7 Å². The van der Waals surface area contributed by atoms with E-state index in [0.717, 1.165) is 24.3 Å². The van der Waals surface area contributed by atoms with E-state index in [4.69, 9.17) is 4.74 Å². The largest absolute Gasteiger partial charge is 0.385 e. The van der Waals surface area contributed by atoms with Crippen molar-refractivity contribution in [2.24, 2.45) is 0 Å². The zero-order valence-electron chi connectivity index (χ0n) is 10.2. The summed E-state index contributed by atoms with van der Waals surface area (Å²) in [7, 11) is 1.53. The summed E-state index contributed by atoms with van der Waals surface area (Å²) in [6.45, 7) is 2.73. The van der Waals surface area contributed by atoms with Crippen molar-refractivity contribution < 1.29 is 9.53 Å². The highest BCUT2D eigenvalue weighted by atomic mass is 16.5. The fraction of sp³-hybridized carbons (Fsp3) is 0.462. The number of benzene rings is 1. The van der Waals surface area contributed by atoms with Crippen molar-refractivity contribution in [2.75, 3.05) is 24.3 Å². The molecule has 1 aromatic rings. The normalized spacial score (nSPS) is 15.6. The first kappa shape index (κ1) is 11.9. The Morgan fingerprint density at radius 3 is 3.12 bits per heavy atom. The van der Waals surface area contributed by atoms with Crippen LogP contribution in [0.15, 0.2) is 18.2 Å². The Balaban J connectivity index is 2.09. The first-order valence-corrected chi connectivity index (χ1v) is 5.91. The molecule has 0 bridgehead atoms. The van der Waals surface area contributed by atoms with Gasteiger partial charge in [-0.3, -0.25) is 4.79 Å². The van der Waals surface area contributed by atoms with Crippen molar-refractivity contribution in [3.63, 3.8) is 0 Å². The molecule has 1 aliphatic rings. The van der Waals surface area contributed by atoms with Crippen molar-refractivity contribution >= 4 is 17.3 Å². The summed E-state index contributed by atoms with van der Waals surface area (Å²) in [4.78, 5) is 11.7. The molecule has 1 amide bonds. The Morgan fingerprint density at radius 1 is 1.53 bits per heavy atom. The summed E-state index contributed by atoms with van der Waals surface area (Å²) in [6.07, 6.45) is 1.84. The fourth-order valence-electron chi connectivity index (χ4n) is 1.89. The SMILES string of the molecule is COC(C)C(=O)Nc1ccc2c(c1)NCCC2. The van der Waals surface area contributed by atoms with E-state index in [0.29, 0.717) is 0 Å². The molecule has 4 nitrogen and oxygen atoms in total. The van der Waals surface area contributed by atoms with Crippen molar-refractivity contribution in [2.45, 2.75) is 25.9 Å². The van der Waals surface area contributed by atoms with Gasteiger partial charge in [-0.2, -0.15) is 0 Å². The first-order chi connectivity index (χ1) is 8.20. The van der Waals surface area contributed by atoms with Crippen LogP contribution in [0, 0.1) is 0 Å². The molecule has 1 unspecified atom stereocenters. The molecule has 0 saturated carbocycles. The Bertz CT molecular complexity index is 418. The maximum absolute atomic E-state index is 11.7. The number of ether oxygens (including phenoxy) is 1. The predicted octanol–water partition coefficient (Wildman–Crippen LogP) is 2.02. The van der Waals surface area contributed by atoms with Gasteiger partial charge in [0.05, 0.1) is 0 Å². The van der Waals surface area contributed by atoms with E-state index in [1.807, 2.05) is 12.1 Å². The highest BCUT2D eigenvalue weighted by Gasteiger charge is 2.13. The molecule has 0 fully saturated rings. The van der Waals surface area contributed by atoms with Crippen LogP contribution in [0.4, 0.5) is 11.4 Å². The Morgan fingerprint density at radius 2 is 2.35 bits per heavy atom. The van der Waals surface area contributed by atoms with Crippen LogP contribution in [0.3, 0.4) is 0 Å². The summed E-state index contributed by atoms with van der Waals surface area (Å²) >= 11 is 0. The lowest BCUT2D eigenvalue weighted by Crippen LogP contribution is -2.26. The van der Waals surface area contributed by atoms with Crippen LogP contribution in [0.1, 0.15) is 18.9 Å². The third-order valence-corrected chi connectivity index (χ3v) is 3.04. The molecule has 2 N–H and O–H groups in total. The molecule has 0 spiro atoms. The van der Waals surface area contributed by atoms with E-state index in [9.17, 15) is 4.79 Å². The second-order valence-corrected chi connectivity index (χ2v) is 4.27. The minimum Gasteiger partial charge on any atom is -0.385 e. The Hall–Kier alpha value is -1.55. The number of rotatable bonds is 3. The van der Waals surface area contributed by atoms with Gasteiger partial charge in [0.15, 0.2) is 0 Å². The molecule has 2 rings (SSSR count). The van der Waals surface area contributed by atoms with Crippen molar-refractivity contribution in [1.82, 2.24) is 0 Å². The van der Waals surface area contributed by atoms with Crippen LogP contribution in [-0.4, -0.2) is 25.7 Å². The van der Waals surface area contributed by atoms with Gasteiger partial charge < -0.3 is 15.4 Å². The van der Waals surface area contributed by atoms with Gasteiger partial charge in [0.25, 0.3) is 5.91 Å². The summed E-state index contributed by atoms with van der Waals surface area (Å²) in [5.74, 6) is -0.122. The molecule has 0 aliphatic carbocycles. The third kappa shape index (κ3) is 2.77. The van der Waals surface area contributed by atoms with Crippen molar-refractivity contribution in [1.29, 1.82) is 0 Å². The van der Waals surface area contributed by atoms with E-state index in [-0.39, 0.29) is 5.91 Å². The number of amides is 1. The van der Waals surface area contributed by atoms with Gasteiger partial charge in [-0.05, 0) is 37.5 Å². The summed E-state index contributed by atoms with van der Waals surface area (Å²) in [5, 5.41) is 6.18. The van der Waals surface area contributed by atoms with Crippen LogP contribution in [0.25, 0.3) is 0 Å². The standard InChI is InChI=1S/C13H18N2O2/c1-9(17-2)13(16)15-11-6-5-10-4-3-7-14-12(10)8-11/h5-6,8-9,14H,3-4,7H2,1-2H3,(H,15,16). The number of nitrogens with one attached hydrogen (secondary N) is 2. The van der Waals surface area contributed by atoms with Gasteiger partial charge in [-0.15, -0.1) is 0 Å². The Kier molecular flexibility index (Phi) is 3.64. The highest BCUT2D eigenvalue weighted by Crippen LogP contribution is 2.25. The van der Waals surface area contributed by atoms with Crippen LogP contribution in [0.5, 0.6) is 0 Å². The third-order valence-electron chi connectivity index (χ3n) is 3.04. The molecule has 1 aliphatic heterocycles. The fourth-order valence-corrected chi connectivity index (χ4v) is 1.89. The zero-order chi connectivity index (χ0) is 12.3. The van der Waals surface area contributed by atoms with Crippen molar-refractivity contribution in [3.8, 4) is 0 Å². The van der Waals surface area contributed by atoms with Gasteiger partial charge in [0, 0.05) is 25.0 Å². The number of hydrogen-bond donors (Lipinski definition) is 2. The van der Waals surface area contributed by atoms with Crippen LogP contribution in [-0.2, 0) is 16.0 Å². The zero-order valence-corrected chi connectivity index (χ0v) is 10.2. The predicted molar refractivity (Wildman–Crippen MR) is 68.4 cm³/mol. The van der Waals surface area contributed by atoms with E-state index in [1.165, 1.54) is 19.1 Å². The van der Waals surface area contributed by atoms with Gasteiger partial charge in [0.2, 0.25) is 0 Å². The van der Waals surface area contributed by atoms with Gasteiger partial charge in [-0.1, -0.05) is 6.07 Å². The molecular formula is C13H18N2O2. The number of hydrogen-bond acceptors (Lipinski definition) is 3. The molecule has 1 heterocycles. The quantitative estimate of drug-likeness (QED) is 0.841. The summed E-state index contributed by atoms with van der Waals surface area (Å²) in [6, 6.07) is 5.98. The molecule has 17 heavy (non-hydrogen) atoms. The maximum Gasteiger partial charge on any atom is 0.253 e. The molecule has 1 aromatic carbocycles. The maximum atomic E-state index is 11.7. The molecule has 1 atom stereocenters. The van der Waals surface area contributed by atoms with Gasteiger partial charge >= 0.3 is 0 Å². The lowest BCUT2D eigenvalue weighted by atomic mass is 10.0. The van der Waals surface area contributed by atoms with Gasteiger partial charge in [-0.25, -0.2) is 0 Å². The molecule has 0 aromatic heterocycles. The number of fused-ring (bicyclic) bond motifs is 1. The smallest absolute Gasteiger partial charge is 0.253 e. The Labute approximate surface area is 101 Å². The summed E-state index contributed by atoms with van der Waals surface area (Å²) in [5.41, 5.74) is 3.25. The second kappa shape index (κ2) is 5.19. The van der Waals surface area contributed by atoms with Gasteiger partial charge in [0.1, 0.15) is 6.10 Å². The average Bonchev–Trinajstić information content (AvgIpc) is 2.37. The molecular weight excluding hydrogens is 216 g/mol. The number of aryl methyl sites for hydroxylation is 1. The molecule has 4 heteroatoms. The minimum absolute atomic E-state index is 0.122. The van der Waals surface area contributed by atoms with E-state index in [1.54, 1.807) is 6.92 Å². The average molecular weight is 234 g/mol. The number of anilines is 2. The molecule has 0 radical (unpaired) electrons. The summed E-state index contributed by atoms with van der Waals surface area (Å²) < 4.78 is 4.97. The number of methoxy groups -OCH3 is 1. The monoisotopic (exact) mass is 234 g/mol. The van der Waals surface area contributed by atoms with E-state index < -0.39 is 6.10 Å². The van der Waals surface area contributed by atoms with Crippen LogP contribution >= 0.6 is 0 Å². The number of carbonyl (C=O) groups is 1. The number of carbonyl (C=O) groups excluding carboxylic acids is 1. The highest BCUT2D eigenvalue weighted by molar-refractivity contribution is 5.94. The first-order valence-electron chi connectivity index (χ1n) is 5.91. The van der Waals surface area contributed by atoms with Crippen LogP contribution in [0.2, 0.25) is 0 Å². The lowest BCUT2D eigenvalue weighted by molar-refractivity contribution is -0.124. The topological polar surface area (TPSA) is 50.4 Å². The lowest BCUT2D eigenvalue weighted by Gasteiger charge is -2.19.